The molecule has 0 aliphatic heterocycles. The van der Waals surface area contributed by atoms with E-state index >= 15 is 0 Å². The third-order valence-electron chi connectivity index (χ3n) is 3.15. The summed E-state index contributed by atoms with van der Waals surface area (Å²) < 4.78 is 0. The molecule has 0 bridgehead atoms. The molecule has 0 aliphatic carbocycles. The predicted octanol–water partition coefficient (Wildman–Crippen LogP) is 4.26. The van der Waals surface area contributed by atoms with E-state index in [9.17, 15) is 0 Å². The van der Waals surface area contributed by atoms with Crippen molar-refractivity contribution in [3.05, 3.63) is 46.8 Å². The van der Waals surface area contributed by atoms with Crippen LogP contribution >= 0.6 is 11.3 Å². The lowest BCUT2D eigenvalue weighted by atomic mass is 10.0. The summed E-state index contributed by atoms with van der Waals surface area (Å²) in [5.74, 6) is 0. The van der Waals surface area contributed by atoms with E-state index in [1.54, 1.807) is 0 Å². The minimum Gasteiger partial charge on any atom is -0.313 e. The van der Waals surface area contributed by atoms with E-state index in [1.807, 2.05) is 18.4 Å². The van der Waals surface area contributed by atoms with E-state index in [4.69, 9.17) is 0 Å². The highest BCUT2D eigenvalue weighted by Crippen LogP contribution is 2.33. The summed E-state index contributed by atoms with van der Waals surface area (Å²) in [5, 5.41) is 3.29. The maximum atomic E-state index is 3.29. The highest BCUT2D eigenvalue weighted by atomic mass is 32.1. The lowest BCUT2D eigenvalue weighted by molar-refractivity contribution is 0.664. The van der Waals surface area contributed by atoms with Crippen molar-refractivity contribution in [2.45, 2.75) is 26.3 Å². The Morgan fingerprint density at radius 3 is 2.65 bits per heavy atom. The van der Waals surface area contributed by atoms with Crippen LogP contribution in [0.5, 0.6) is 0 Å². The lowest BCUT2D eigenvalue weighted by Crippen LogP contribution is -2.10. The first-order chi connectivity index (χ1) is 8.26. The summed E-state index contributed by atoms with van der Waals surface area (Å²) in [5.41, 5.74) is 2.81. The predicted molar refractivity (Wildman–Crippen MR) is 76.6 cm³/mol. The SMILES string of the molecule is CCc1ccccc1-c1ccc(C(C)NC)s1. The Bertz CT molecular complexity index is 487. The average molecular weight is 245 g/mol. The highest BCUT2D eigenvalue weighted by molar-refractivity contribution is 7.15. The van der Waals surface area contributed by atoms with Gasteiger partial charge in [0.2, 0.25) is 0 Å². The fourth-order valence-corrected chi connectivity index (χ4v) is 3.07. The molecule has 2 rings (SSSR count). The van der Waals surface area contributed by atoms with Gasteiger partial charge in [-0.3, -0.25) is 0 Å². The molecular formula is C15H19NS. The molecule has 0 radical (unpaired) electrons. The van der Waals surface area contributed by atoms with Crippen molar-refractivity contribution in [1.29, 1.82) is 0 Å². The Morgan fingerprint density at radius 2 is 1.94 bits per heavy atom. The molecule has 1 nitrogen and oxygen atoms in total. The van der Waals surface area contributed by atoms with E-state index in [0.717, 1.165) is 6.42 Å². The number of rotatable bonds is 4. The first kappa shape index (κ1) is 12.3. The fraction of sp³-hybridized carbons (Fsp3) is 0.333. The van der Waals surface area contributed by atoms with E-state index < -0.39 is 0 Å². The van der Waals surface area contributed by atoms with Crippen LogP contribution in [0.4, 0.5) is 0 Å². The van der Waals surface area contributed by atoms with Gasteiger partial charge in [-0.15, -0.1) is 11.3 Å². The Labute approximate surface area is 108 Å². The molecule has 0 saturated heterocycles. The minimum atomic E-state index is 0.433. The number of aryl methyl sites for hydroxylation is 1. The molecule has 1 atom stereocenters. The Morgan fingerprint density at radius 1 is 1.18 bits per heavy atom. The number of thiophene rings is 1. The van der Waals surface area contributed by atoms with Crippen molar-refractivity contribution >= 4 is 11.3 Å². The van der Waals surface area contributed by atoms with Crippen molar-refractivity contribution in [2.75, 3.05) is 7.05 Å². The molecule has 1 N–H and O–H groups in total. The Hall–Kier alpha value is -1.12. The molecule has 17 heavy (non-hydrogen) atoms. The normalized spacial score (nSPS) is 12.6. The monoisotopic (exact) mass is 245 g/mol. The molecule has 1 aromatic carbocycles. The van der Waals surface area contributed by atoms with E-state index in [-0.39, 0.29) is 0 Å². The van der Waals surface area contributed by atoms with Gasteiger partial charge in [0.1, 0.15) is 0 Å². The van der Waals surface area contributed by atoms with Crippen LogP contribution in [0.3, 0.4) is 0 Å². The quantitative estimate of drug-likeness (QED) is 0.848. The summed E-state index contributed by atoms with van der Waals surface area (Å²) in [4.78, 5) is 2.77. The number of benzene rings is 1. The number of nitrogens with one attached hydrogen (secondary N) is 1. The second-order valence-corrected chi connectivity index (χ2v) is 5.34. The second-order valence-electron chi connectivity index (χ2n) is 4.22. The van der Waals surface area contributed by atoms with Crippen LogP contribution in [-0.2, 0) is 6.42 Å². The molecule has 2 heteroatoms. The van der Waals surface area contributed by atoms with E-state index in [0.29, 0.717) is 6.04 Å². The standard InChI is InChI=1S/C15H19NS/c1-4-12-7-5-6-8-13(12)15-10-9-14(17-15)11(2)16-3/h5-11,16H,4H2,1-3H3. The van der Waals surface area contributed by atoms with Gasteiger partial charge in [0.15, 0.2) is 0 Å². The molecule has 1 heterocycles. The molecule has 0 aliphatic rings. The van der Waals surface area contributed by atoms with E-state index in [2.05, 4.69) is 55.6 Å². The van der Waals surface area contributed by atoms with Crippen molar-refractivity contribution in [1.82, 2.24) is 5.32 Å². The van der Waals surface area contributed by atoms with Crippen LogP contribution in [0.15, 0.2) is 36.4 Å². The third kappa shape index (κ3) is 2.59. The zero-order chi connectivity index (χ0) is 12.3. The Kier molecular flexibility index (Phi) is 3.97. The smallest absolute Gasteiger partial charge is 0.0383 e. The zero-order valence-electron chi connectivity index (χ0n) is 10.7. The van der Waals surface area contributed by atoms with Gasteiger partial charge in [0.25, 0.3) is 0 Å². The van der Waals surface area contributed by atoms with Gasteiger partial charge < -0.3 is 5.32 Å². The van der Waals surface area contributed by atoms with Crippen molar-refractivity contribution < 1.29 is 0 Å². The molecule has 0 amide bonds. The molecular weight excluding hydrogens is 226 g/mol. The van der Waals surface area contributed by atoms with Gasteiger partial charge in [0.05, 0.1) is 0 Å². The maximum absolute atomic E-state index is 3.29. The first-order valence-corrected chi connectivity index (χ1v) is 6.93. The summed E-state index contributed by atoms with van der Waals surface area (Å²) >= 11 is 1.89. The van der Waals surface area contributed by atoms with Crippen LogP contribution < -0.4 is 5.32 Å². The zero-order valence-corrected chi connectivity index (χ0v) is 11.5. The van der Waals surface area contributed by atoms with Gasteiger partial charge >= 0.3 is 0 Å². The van der Waals surface area contributed by atoms with Gasteiger partial charge in [-0.05, 0) is 43.7 Å². The summed E-state index contributed by atoms with van der Waals surface area (Å²) in [6, 6.07) is 13.6. The molecule has 1 aromatic heterocycles. The van der Waals surface area contributed by atoms with Crippen LogP contribution in [0.25, 0.3) is 10.4 Å². The van der Waals surface area contributed by atoms with Crippen molar-refractivity contribution in [3.8, 4) is 10.4 Å². The van der Waals surface area contributed by atoms with Crippen LogP contribution in [0.1, 0.15) is 30.3 Å². The van der Waals surface area contributed by atoms with Crippen LogP contribution in [-0.4, -0.2) is 7.05 Å². The molecule has 1 unspecified atom stereocenters. The molecule has 0 fully saturated rings. The largest absolute Gasteiger partial charge is 0.313 e. The minimum absolute atomic E-state index is 0.433. The summed E-state index contributed by atoms with van der Waals surface area (Å²) in [7, 11) is 2.00. The van der Waals surface area contributed by atoms with Crippen molar-refractivity contribution in [2.24, 2.45) is 0 Å². The second kappa shape index (κ2) is 5.48. The average Bonchev–Trinajstić information content (AvgIpc) is 2.87. The third-order valence-corrected chi connectivity index (χ3v) is 4.45. The van der Waals surface area contributed by atoms with Gasteiger partial charge in [-0.2, -0.15) is 0 Å². The van der Waals surface area contributed by atoms with Gasteiger partial charge in [0, 0.05) is 15.8 Å². The lowest BCUT2D eigenvalue weighted by Gasteiger charge is -2.07. The first-order valence-electron chi connectivity index (χ1n) is 6.11. The highest BCUT2D eigenvalue weighted by Gasteiger charge is 2.09. The maximum Gasteiger partial charge on any atom is 0.0383 e. The number of hydrogen-bond acceptors (Lipinski definition) is 2. The summed E-state index contributed by atoms with van der Waals surface area (Å²) in [6.45, 7) is 4.41. The van der Waals surface area contributed by atoms with Gasteiger partial charge in [-0.25, -0.2) is 0 Å². The molecule has 2 aromatic rings. The van der Waals surface area contributed by atoms with Crippen LogP contribution in [0.2, 0.25) is 0 Å². The van der Waals surface area contributed by atoms with Gasteiger partial charge in [-0.1, -0.05) is 31.2 Å². The molecule has 0 saturated carbocycles. The van der Waals surface area contributed by atoms with Crippen LogP contribution in [0, 0.1) is 0 Å². The Balaban J connectivity index is 2.37. The number of hydrogen-bond donors (Lipinski definition) is 1. The fourth-order valence-electron chi connectivity index (χ4n) is 1.94. The van der Waals surface area contributed by atoms with E-state index in [1.165, 1.54) is 20.9 Å². The molecule has 0 spiro atoms. The molecule has 90 valence electrons. The topological polar surface area (TPSA) is 12.0 Å². The van der Waals surface area contributed by atoms with Crippen molar-refractivity contribution in [3.63, 3.8) is 0 Å². The summed E-state index contributed by atoms with van der Waals surface area (Å²) in [6.07, 6.45) is 1.09.